The summed E-state index contributed by atoms with van der Waals surface area (Å²) in [7, 11) is 0. The Bertz CT molecular complexity index is 260. The van der Waals surface area contributed by atoms with E-state index in [1.165, 1.54) is 6.42 Å². The quantitative estimate of drug-likeness (QED) is 0.595. The highest BCUT2D eigenvalue weighted by Crippen LogP contribution is 2.16. The van der Waals surface area contributed by atoms with Crippen molar-refractivity contribution in [1.82, 2.24) is 9.97 Å². The minimum absolute atomic E-state index is 0.516. The summed E-state index contributed by atoms with van der Waals surface area (Å²) >= 11 is 5.69. The summed E-state index contributed by atoms with van der Waals surface area (Å²) in [6.45, 7) is 2.11. The zero-order valence-electron chi connectivity index (χ0n) is 6.00. The largest absolute Gasteiger partial charge is 0.341 e. The SMILES string of the molecule is Clc1ccnc(N2CCC2)n1. The van der Waals surface area contributed by atoms with Crippen LogP contribution in [-0.2, 0) is 0 Å². The summed E-state index contributed by atoms with van der Waals surface area (Å²) in [6, 6.07) is 1.69. The molecule has 1 fully saturated rings. The van der Waals surface area contributed by atoms with E-state index in [1.54, 1.807) is 12.3 Å². The number of hydrogen-bond acceptors (Lipinski definition) is 3. The lowest BCUT2D eigenvalue weighted by Crippen LogP contribution is -2.38. The Morgan fingerprint density at radius 2 is 2.27 bits per heavy atom. The summed E-state index contributed by atoms with van der Waals surface area (Å²) < 4.78 is 0. The smallest absolute Gasteiger partial charge is 0.226 e. The van der Waals surface area contributed by atoms with Crippen molar-refractivity contribution < 1.29 is 0 Å². The fourth-order valence-corrected chi connectivity index (χ4v) is 1.13. The van der Waals surface area contributed by atoms with Crippen molar-refractivity contribution in [1.29, 1.82) is 0 Å². The van der Waals surface area contributed by atoms with Crippen LogP contribution < -0.4 is 4.90 Å². The second-order valence-electron chi connectivity index (χ2n) is 2.52. The molecule has 58 valence electrons. The van der Waals surface area contributed by atoms with Crippen molar-refractivity contribution >= 4 is 17.5 Å². The lowest BCUT2D eigenvalue weighted by molar-refractivity contribution is 0.600. The van der Waals surface area contributed by atoms with E-state index >= 15 is 0 Å². The molecule has 2 rings (SSSR count). The van der Waals surface area contributed by atoms with Crippen molar-refractivity contribution in [3.63, 3.8) is 0 Å². The van der Waals surface area contributed by atoms with E-state index in [2.05, 4.69) is 14.9 Å². The van der Waals surface area contributed by atoms with Gasteiger partial charge in [0.15, 0.2) is 0 Å². The number of aromatic nitrogens is 2. The normalized spacial score (nSPS) is 16.3. The monoisotopic (exact) mass is 169 g/mol. The number of rotatable bonds is 1. The van der Waals surface area contributed by atoms with Crippen LogP contribution in [0.2, 0.25) is 5.15 Å². The molecule has 0 saturated carbocycles. The van der Waals surface area contributed by atoms with Gasteiger partial charge in [0.25, 0.3) is 0 Å². The average Bonchev–Trinajstić information content (AvgIpc) is 1.83. The van der Waals surface area contributed by atoms with Crippen LogP contribution in [0.4, 0.5) is 5.95 Å². The lowest BCUT2D eigenvalue weighted by Gasteiger charge is -2.30. The van der Waals surface area contributed by atoms with Gasteiger partial charge >= 0.3 is 0 Å². The molecular formula is C7H8ClN3. The third kappa shape index (κ3) is 1.28. The molecule has 1 aromatic heterocycles. The standard InChI is InChI=1S/C7H8ClN3/c8-6-2-3-9-7(10-6)11-4-1-5-11/h2-3H,1,4-5H2. The zero-order chi connectivity index (χ0) is 7.68. The fourth-order valence-electron chi connectivity index (χ4n) is 0.996. The van der Waals surface area contributed by atoms with Crippen molar-refractivity contribution in [3.8, 4) is 0 Å². The van der Waals surface area contributed by atoms with Gasteiger partial charge in [-0.2, -0.15) is 0 Å². The molecule has 1 aliphatic heterocycles. The Morgan fingerprint density at radius 3 is 2.82 bits per heavy atom. The third-order valence-electron chi connectivity index (χ3n) is 1.75. The van der Waals surface area contributed by atoms with E-state index in [-0.39, 0.29) is 0 Å². The minimum atomic E-state index is 0.516. The molecule has 1 aliphatic rings. The number of halogens is 1. The first-order chi connectivity index (χ1) is 5.36. The molecule has 2 heterocycles. The summed E-state index contributed by atoms with van der Waals surface area (Å²) in [5.41, 5.74) is 0. The van der Waals surface area contributed by atoms with Gasteiger partial charge in [0.05, 0.1) is 0 Å². The first-order valence-electron chi connectivity index (χ1n) is 3.60. The van der Waals surface area contributed by atoms with E-state index in [4.69, 9.17) is 11.6 Å². The van der Waals surface area contributed by atoms with Gasteiger partial charge in [-0.15, -0.1) is 0 Å². The van der Waals surface area contributed by atoms with Gasteiger partial charge in [-0.05, 0) is 12.5 Å². The lowest BCUT2D eigenvalue weighted by atomic mass is 10.2. The number of anilines is 1. The topological polar surface area (TPSA) is 29.0 Å². The maximum atomic E-state index is 5.69. The first kappa shape index (κ1) is 6.85. The van der Waals surface area contributed by atoms with Gasteiger partial charge in [-0.1, -0.05) is 11.6 Å². The highest BCUT2D eigenvalue weighted by Gasteiger charge is 2.16. The van der Waals surface area contributed by atoms with Crippen LogP contribution in [0.5, 0.6) is 0 Å². The molecule has 0 atom stereocenters. The van der Waals surface area contributed by atoms with Gasteiger partial charge in [-0.25, -0.2) is 9.97 Å². The van der Waals surface area contributed by atoms with Crippen LogP contribution in [0.3, 0.4) is 0 Å². The Labute approximate surface area is 70.0 Å². The molecule has 1 aromatic rings. The van der Waals surface area contributed by atoms with E-state index in [0.29, 0.717) is 5.15 Å². The van der Waals surface area contributed by atoms with Crippen LogP contribution in [0.15, 0.2) is 12.3 Å². The van der Waals surface area contributed by atoms with Crippen molar-refractivity contribution in [2.45, 2.75) is 6.42 Å². The van der Waals surface area contributed by atoms with Crippen LogP contribution in [0.1, 0.15) is 6.42 Å². The van der Waals surface area contributed by atoms with E-state index < -0.39 is 0 Å². The summed E-state index contributed by atoms with van der Waals surface area (Å²) in [5, 5.41) is 0.516. The molecule has 0 unspecified atom stereocenters. The molecule has 0 amide bonds. The predicted octanol–water partition coefficient (Wildman–Crippen LogP) is 1.34. The van der Waals surface area contributed by atoms with Crippen LogP contribution >= 0.6 is 11.6 Å². The van der Waals surface area contributed by atoms with Gasteiger partial charge in [0.2, 0.25) is 5.95 Å². The Morgan fingerprint density at radius 1 is 1.45 bits per heavy atom. The van der Waals surface area contributed by atoms with E-state index in [1.807, 2.05) is 0 Å². The first-order valence-corrected chi connectivity index (χ1v) is 3.97. The van der Waals surface area contributed by atoms with E-state index in [9.17, 15) is 0 Å². The summed E-state index contributed by atoms with van der Waals surface area (Å²) in [6.07, 6.45) is 2.92. The molecular weight excluding hydrogens is 162 g/mol. The number of nitrogens with zero attached hydrogens (tertiary/aromatic N) is 3. The van der Waals surface area contributed by atoms with Crippen molar-refractivity contribution in [2.24, 2.45) is 0 Å². The van der Waals surface area contributed by atoms with Crippen molar-refractivity contribution in [2.75, 3.05) is 18.0 Å². The molecule has 0 spiro atoms. The van der Waals surface area contributed by atoms with Crippen LogP contribution in [-0.4, -0.2) is 23.1 Å². The third-order valence-corrected chi connectivity index (χ3v) is 1.96. The maximum Gasteiger partial charge on any atom is 0.226 e. The Balaban J connectivity index is 2.23. The summed E-state index contributed by atoms with van der Waals surface area (Å²) in [5.74, 6) is 0.753. The van der Waals surface area contributed by atoms with E-state index in [0.717, 1.165) is 19.0 Å². The van der Waals surface area contributed by atoms with Gasteiger partial charge in [0.1, 0.15) is 5.15 Å². The minimum Gasteiger partial charge on any atom is -0.341 e. The molecule has 4 heteroatoms. The maximum absolute atomic E-state index is 5.69. The number of hydrogen-bond donors (Lipinski definition) is 0. The fraction of sp³-hybridized carbons (Fsp3) is 0.429. The van der Waals surface area contributed by atoms with Gasteiger partial charge in [0, 0.05) is 19.3 Å². The van der Waals surface area contributed by atoms with Crippen molar-refractivity contribution in [3.05, 3.63) is 17.4 Å². The highest BCUT2D eigenvalue weighted by atomic mass is 35.5. The van der Waals surface area contributed by atoms with Crippen LogP contribution in [0, 0.1) is 0 Å². The average molecular weight is 170 g/mol. The summed E-state index contributed by atoms with van der Waals surface area (Å²) in [4.78, 5) is 10.3. The molecule has 0 N–H and O–H groups in total. The second-order valence-corrected chi connectivity index (χ2v) is 2.91. The molecule has 11 heavy (non-hydrogen) atoms. The van der Waals surface area contributed by atoms with Gasteiger partial charge < -0.3 is 4.90 Å². The molecule has 0 aromatic carbocycles. The molecule has 3 nitrogen and oxygen atoms in total. The second kappa shape index (κ2) is 2.66. The van der Waals surface area contributed by atoms with Crippen LogP contribution in [0.25, 0.3) is 0 Å². The molecule has 1 saturated heterocycles. The predicted molar refractivity (Wildman–Crippen MR) is 43.9 cm³/mol. The molecule has 0 aliphatic carbocycles. The molecule has 0 radical (unpaired) electrons. The zero-order valence-corrected chi connectivity index (χ0v) is 6.75. The molecule has 0 bridgehead atoms. The Hall–Kier alpha value is -0.830. The Kier molecular flexibility index (Phi) is 1.66. The van der Waals surface area contributed by atoms with Gasteiger partial charge in [-0.3, -0.25) is 0 Å². The highest BCUT2D eigenvalue weighted by molar-refractivity contribution is 6.29.